The highest BCUT2D eigenvalue weighted by Crippen LogP contribution is 2.60. The highest BCUT2D eigenvalue weighted by molar-refractivity contribution is 5.81. The molecule has 4 bridgehead atoms. The van der Waals surface area contributed by atoms with Crippen LogP contribution in [0.25, 0.3) is 0 Å². The lowest BCUT2D eigenvalue weighted by Gasteiger charge is -2.58. The van der Waals surface area contributed by atoms with E-state index >= 15 is 0 Å². The summed E-state index contributed by atoms with van der Waals surface area (Å²) in [5.74, 6) is 0.813. The van der Waals surface area contributed by atoms with Crippen LogP contribution in [0, 0.1) is 23.2 Å². The first-order chi connectivity index (χ1) is 13.5. The fraction of sp³-hybridized carbons (Fsp3) is 0.857. The van der Waals surface area contributed by atoms with Crippen molar-refractivity contribution in [2.45, 2.75) is 77.0 Å². The number of hydrogen-bond donors (Lipinski definition) is 2. The minimum Gasteiger partial charge on any atom is -0.446 e. The van der Waals surface area contributed by atoms with E-state index in [-0.39, 0.29) is 41.4 Å². The second-order valence-corrected chi connectivity index (χ2v) is 10.5. The summed E-state index contributed by atoms with van der Waals surface area (Å²) in [6, 6.07) is -0.131. The van der Waals surface area contributed by atoms with Crippen LogP contribution in [0.15, 0.2) is 0 Å². The predicted molar refractivity (Wildman–Crippen MR) is 105 cm³/mol. The molecular formula is C21H33N3O5. The molecule has 8 nitrogen and oxygen atoms in total. The van der Waals surface area contributed by atoms with Gasteiger partial charge in [0.1, 0.15) is 11.7 Å². The number of alkyl carbamates (subject to hydrolysis) is 1. The van der Waals surface area contributed by atoms with Crippen molar-refractivity contribution in [3.8, 4) is 0 Å². The van der Waals surface area contributed by atoms with Crippen LogP contribution in [0.4, 0.5) is 9.59 Å². The number of nitrogens with zero attached hydrogens (tertiary/aromatic N) is 1. The lowest BCUT2D eigenvalue weighted by atomic mass is 9.48. The minimum atomic E-state index is -0.553. The van der Waals surface area contributed by atoms with Gasteiger partial charge in [0, 0.05) is 13.1 Å². The molecule has 2 unspecified atom stereocenters. The molecule has 3 amide bonds. The summed E-state index contributed by atoms with van der Waals surface area (Å²) in [5.41, 5.74) is 4.80. The van der Waals surface area contributed by atoms with Crippen molar-refractivity contribution in [1.29, 1.82) is 0 Å². The van der Waals surface area contributed by atoms with Crippen LogP contribution in [0.2, 0.25) is 0 Å². The van der Waals surface area contributed by atoms with E-state index < -0.39 is 11.7 Å². The minimum absolute atomic E-state index is 0.121. The van der Waals surface area contributed by atoms with Crippen molar-refractivity contribution in [1.82, 2.24) is 10.2 Å². The van der Waals surface area contributed by atoms with Crippen molar-refractivity contribution in [3.63, 3.8) is 0 Å². The third-order valence-corrected chi connectivity index (χ3v) is 7.11. The van der Waals surface area contributed by atoms with E-state index in [1.165, 1.54) is 0 Å². The second kappa shape index (κ2) is 7.06. The molecule has 3 N–H and O–H groups in total. The first-order valence-electron chi connectivity index (χ1n) is 10.8. The average molecular weight is 408 g/mol. The van der Waals surface area contributed by atoms with Crippen LogP contribution in [0.5, 0.6) is 0 Å². The standard InChI is InChI=1S/C21H33N3O5/c1-20(2,3)29-18(26)23-15-4-5-24(11-15)19(27)28-16-13-6-12-7-14(16)10-21(8-12,9-13)17(22)25/h12-16H,4-11H2,1-3H3,(H2,22,25)(H,23,26)/t12?,13?,14?,15-,16?,21?/m0/s1. The summed E-state index contributed by atoms with van der Waals surface area (Å²) in [6.45, 7) is 6.43. The Bertz CT molecular complexity index is 687. The summed E-state index contributed by atoms with van der Waals surface area (Å²) < 4.78 is 11.2. The zero-order valence-electron chi connectivity index (χ0n) is 17.6. The van der Waals surface area contributed by atoms with Crippen molar-refractivity contribution in [3.05, 3.63) is 0 Å². The Morgan fingerprint density at radius 2 is 1.76 bits per heavy atom. The quantitative estimate of drug-likeness (QED) is 0.746. The predicted octanol–water partition coefficient (Wildman–Crippen LogP) is 2.40. The third-order valence-electron chi connectivity index (χ3n) is 7.11. The van der Waals surface area contributed by atoms with Crippen LogP contribution in [-0.4, -0.2) is 53.8 Å². The number of rotatable bonds is 3. The van der Waals surface area contributed by atoms with Gasteiger partial charge in [-0.1, -0.05) is 0 Å². The molecule has 4 aliphatic carbocycles. The summed E-state index contributed by atoms with van der Waals surface area (Å²) in [7, 11) is 0. The first kappa shape index (κ1) is 20.3. The van der Waals surface area contributed by atoms with Crippen LogP contribution in [-0.2, 0) is 14.3 Å². The van der Waals surface area contributed by atoms with Crippen LogP contribution < -0.4 is 11.1 Å². The molecule has 1 heterocycles. The monoisotopic (exact) mass is 407 g/mol. The van der Waals surface area contributed by atoms with Crippen LogP contribution >= 0.6 is 0 Å². The molecule has 0 aromatic rings. The van der Waals surface area contributed by atoms with E-state index in [1.807, 2.05) is 20.8 Å². The molecule has 0 aromatic carbocycles. The fourth-order valence-electron chi connectivity index (χ4n) is 6.18. The van der Waals surface area contributed by atoms with Crippen molar-refractivity contribution in [2.24, 2.45) is 28.9 Å². The van der Waals surface area contributed by atoms with Gasteiger partial charge in [-0.3, -0.25) is 4.79 Å². The summed E-state index contributed by atoms with van der Waals surface area (Å²) >= 11 is 0. The smallest absolute Gasteiger partial charge is 0.410 e. The average Bonchev–Trinajstić information content (AvgIpc) is 3.04. The topological polar surface area (TPSA) is 111 Å². The summed E-state index contributed by atoms with van der Waals surface area (Å²) in [4.78, 5) is 38.5. The Kier molecular flexibility index (Phi) is 4.94. The van der Waals surface area contributed by atoms with E-state index in [4.69, 9.17) is 15.2 Å². The summed E-state index contributed by atoms with van der Waals surface area (Å²) in [5, 5.41) is 2.83. The molecule has 8 heteroatoms. The lowest BCUT2D eigenvalue weighted by Crippen LogP contribution is -2.59. The molecular weight excluding hydrogens is 374 g/mol. The van der Waals surface area contributed by atoms with E-state index in [0.29, 0.717) is 25.4 Å². The Morgan fingerprint density at radius 3 is 2.34 bits per heavy atom. The Morgan fingerprint density at radius 1 is 1.10 bits per heavy atom. The molecule has 29 heavy (non-hydrogen) atoms. The maximum atomic E-state index is 12.8. The Balaban J connectivity index is 1.31. The number of nitrogens with one attached hydrogen (secondary N) is 1. The number of primary amides is 1. The van der Waals surface area contributed by atoms with Crippen molar-refractivity contribution >= 4 is 18.1 Å². The van der Waals surface area contributed by atoms with Crippen molar-refractivity contribution < 1.29 is 23.9 Å². The molecule has 5 fully saturated rings. The van der Waals surface area contributed by atoms with Gasteiger partial charge in [-0.15, -0.1) is 0 Å². The van der Waals surface area contributed by atoms with Gasteiger partial charge in [0.25, 0.3) is 0 Å². The van der Waals surface area contributed by atoms with E-state index in [0.717, 1.165) is 32.1 Å². The van der Waals surface area contributed by atoms with Crippen LogP contribution in [0.1, 0.15) is 59.3 Å². The van der Waals surface area contributed by atoms with Gasteiger partial charge in [0.05, 0.1) is 11.5 Å². The number of hydrogen-bond acceptors (Lipinski definition) is 5. The molecule has 162 valence electrons. The molecule has 4 saturated carbocycles. The second-order valence-electron chi connectivity index (χ2n) is 10.5. The van der Waals surface area contributed by atoms with Gasteiger partial charge in [-0.25, -0.2) is 9.59 Å². The maximum absolute atomic E-state index is 12.8. The Hall–Kier alpha value is -1.99. The molecule has 0 radical (unpaired) electrons. The van der Waals surface area contributed by atoms with Crippen LogP contribution in [0.3, 0.4) is 0 Å². The number of amides is 3. The molecule has 3 atom stereocenters. The molecule has 1 saturated heterocycles. The van der Waals surface area contributed by atoms with Gasteiger partial charge in [-0.2, -0.15) is 0 Å². The number of carbonyl (C=O) groups is 3. The lowest BCUT2D eigenvalue weighted by molar-refractivity contribution is -0.161. The number of nitrogens with two attached hydrogens (primary N) is 1. The largest absolute Gasteiger partial charge is 0.446 e. The van der Waals surface area contributed by atoms with Gasteiger partial charge >= 0.3 is 12.2 Å². The van der Waals surface area contributed by atoms with Gasteiger partial charge in [-0.05, 0) is 77.0 Å². The van der Waals surface area contributed by atoms with E-state index in [9.17, 15) is 14.4 Å². The number of carbonyl (C=O) groups excluding carboxylic acids is 3. The molecule has 0 aromatic heterocycles. The normalized spacial score (nSPS) is 38.0. The zero-order chi connectivity index (χ0) is 21.0. The first-order valence-corrected chi connectivity index (χ1v) is 10.8. The third kappa shape index (κ3) is 4.03. The summed E-state index contributed by atoms with van der Waals surface area (Å²) in [6.07, 6.45) is 4.22. The van der Waals surface area contributed by atoms with Gasteiger partial charge in [0.2, 0.25) is 5.91 Å². The van der Waals surface area contributed by atoms with E-state index in [2.05, 4.69) is 5.32 Å². The molecule has 5 aliphatic rings. The van der Waals surface area contributed by atoms with Crippen molar-refractivity contribution in [2.75, 3.05) is 13.1 Å². The number of likely N-dealkylation sites (tertiary alicyclic amines) is 1. The fourth-order valence-corrected chi connectivity index (χ4v) is 6.18. The van der Waals surface area contributed by atoms with Gasteiger partial charge < -0.3 is 25.4 Å². The molecule has 0 spiro atoms. The zero-order valence-corrected chi connectivity index (χ0v) is 17.6. The molecule has 5 rings (SSSR count). The highest BCUT2D eigenvalue weighted by atomic mass is 16.6. The van der Waals surface area contributed by atoms with Gasteiger partial charge in [0.15, 0.2) is 0 Å². The maximum Gasteiger partial charge on any atom is 0.410 e. The molecule has 1 aliphatic heterocycles. The van der Waals surface area contributed by atoms with E-state index in [1.54, 1.807) is 4.90 Å². The number of ether oxygens (including phenoxy) is 2. The highest BCUT2D eigenvalue weighted by Gasteiger charge is 2.59. The SMILES string of the molecule is CC(C)(C)OC(=O)N[C@H]1CCN(C(=O)OC2C3CC4CC2CC(C(N)=O)(C4)C3)C1. The Labute approximate surface area is 171 Å².